The lowest BCUT2D eigenvalue weighted by Crippen LogP contribution is -2.35. The van der Waals surface area contributed by atoms with Crippen LogP contribution in [-0.2, 0) is 0 Å². The molecule has 1 aromatic carbocycles. The van der Waals surface area contributed by atoms with E-state index in [1.165, 1.54) is 0 Å². The Hall–Kier alpha value is -1.80. The van der Waals surface area contributed by atoms with Gasteiger partial charge >= 0.3 is 0 Å². The number of piperidine rings is 1. The summed E-state index contributed by atoms with van der Waals surface area (Å²) in [6.07, 6.45) is 5.97. The van der Waals surface area contributed by atoms with Gasteiger partial charge in [-0.1, -0.05) is 15.9 Å². The monoisotopic (exact) mass is 330 g/mol. The number of nitrogens with zero attached hydrogens (tertiary/aromatic N) is 4. The van der Waals surface area contributed by atoms with E-state index in [2.05, 4.69) is 32.0 Å². The van der Waals surface area contributed by atoms with Crippen molar-refractivity contribution in [3.63, 3.8) is 0 Å². The first-order valence-corrected chi connectivity index (χ1v) is 7.51. The minimum absolute atomic E-state index is 0.474. The third kappa shape index (κ3) is 2.56. The summed E-state index contributed by atoms with van der Waals surface area (Å²) in [5.41, 5.74) is 1.77. The molecule has 0 amide bonds. The molecule has 0 spiro atoms. The Morgan fingerprint density at radius 2 is 2.10 bits per heavy atom. The molecule has 1 aromatic heterocycles. The second-order valence-corrected chi connectivity index (χ2v) is 5.89. The molecule has 0 N–H and O–H groups in total. The van der Waals surface area contributed by atoms with E-state index in [1.807, 2.05) is 41.3 Å². The van der Waals surface area contributed by atoms with E-state index in [0.717, 1.165) is 41.7 Å². The van der Waals surface area contributed by atoms with E-state index in [-0.39, 0.29) is 0 Å². The minimum Gasteiger partial charge on any atom is -0.370 e. The van der Waals surface area contributed by atoms with Crippen molar-refractivity contribution in [2.24, 2.45) is 0 Å². The van der Waals surface area contributed by atoms with Gasteiger partial charge in [-0.3, -0.25) is 4.68 Å². The Labute approximate surface area is 126 Å². The number of halogens is 1. The lowest BCUT2D eigenvalue weighted by atomic mass is 10.0. The molecule has 5 heteroatoms. The van der Waals surface area contributed by atoms with Crippen molar-refractivity contribution in [1.82, 2.24) is 9.78 Å². The van der Waals surface area contributed by atoms with Gasteiger partial charge in [-0.15, -0.1) is 0 Å². The first kappa shape index (κ1) is 13.2. The Morgan fingerprint density at radius 1 is 1.30 bits per heavy atom. The molecule has 0 atom stereocenters. The second-order valence-electron chi connectivity index (χ2n) is 4.98. The van der Waals surface area contributed by atoms with Crippen LogP contribution in [0.2, 0.25) is 0 Å². The van der Waals surface area contributed by atoms with Gasteiger partial charge in [0.1, 0.15) is 6.07 Å². The predicted octanol–water partition coefficient (Wildman–Crippen LogP) is 3.36. The predicted molar refractivity (Wildman–Crippen MR) is 81.6 cm³/mol. The lowest BCUT2D eigenvalue weighted by Gasteiger charge is -2.34. The number of anilines is 1. The summed E-state index contributed by atoms with van der Waals surface area (Å²) in [5, 5.41) is 13.6. The van der Waals surface area contributed by atoms with E-state index in [4.69, 9.17) is 0 Å². The molecule has 2 aromatic rings. The van der Waals surface area contributed by atoms with E-state index in [1.54, 1.807) is 0 Å². The van der Waals surface area contributed by atoms with Gasteiger partial charge in [0.05, 0.1) is 17.3 Å². The highest BCUT2D eigenvalue weighted by atomic mass is 79.9. The molecule has 1 aliphatic heterocycles. The zero-order valence-corrected chi connectivity index (χ0v) is 12.6. The van der Waals surface area contributed by atoms with E-state index in [0.29, 0.717) is 6.04 Å². The molecular formula is C15H15BrN4. The Bertz CT molecular complexity index is 622. The second kappa shape index (κ2) is 5.68. The summed E-state index contributed by atoms with van der Waals surface area (Å²) in [6, 6.07) is 10.6. The van der Waals surface area contributed by atoms with Gasteiger partial charge in [0.25, 0.3) is 0 Å². The fourth-order valence-electron chi connectivity index (χ4n) is 2.74. The van der Waals surface area contributed by atoms with Crippen LogP contribution in [0.3, 0.4) is 0 Å². The smallest absolute Gasteiger partial charge is 0.101 e. The first-order valence-electron chi connectivity index (χ1n) is 6.71. The molecule has 102 valence electrons. The number of hydrogen-bond acceptors (Lipinski definition) is 3. The van der Waals surface area contributed by atoms with Gasteiger partial charge < -0.3 is 4.90 Å². The fraction of sp³-hybridized carbons (Fsp3) is 0.333. The van der Waals surface area contributed by atoms with Crippen LogP contribution >= 0.6 is 15.9 Å². The maximum Gasteiger partial charge on any atom is 0.101 e. The summed E-state index contributed by atoms with van der Waals surface area (Å²) in [7, 11) is 0. The summed E-state index contributed by atoms with van der Waals surface area (Å²) < 4.78 is 2.99. The molecule has 3 rings (SSSR count). The molecule has 0 bridgehead atoms. The van der Waals surface area contributed by atoms with Crippen molar-refractivity contribution in [1.29, 1.82) is 5.26 Å². The van der Waals surface area contributed by atoms with Crippen LogP contribution in [0, 0.1) is 11.3 Å². The zero-order chi connectivity index (χ0) is 13.9. The summed E-state index contributed by atoms with van der Waals surface area (Å²) >= 11 is 3.42. The van der Waals surface area contributed by atoms with Crippen molar-refractivity contribution in [2.75, 3.05) is 18.0 Å². The van der Waals surface area contributed by atoms with Crippen molar-refractivity contribution < 1.29 is 0 Å². The van der Waals surface area contributed by atoms with Crippen LogP contribution in [0.1, 0.15) is 24.4 Å². The molecule has 0 saturated carbocycles. The van der Waals surface area contributed by atoms with Crippen molar-refractivity contribution in [3.05, 3.63) is 46.7 Å². The number of nitriles is 1. The van der Waals surface area contributed by atoms with Gasteiger partial charge in [0.15, 0.2) is 0 Å². The third-order valence-electron chi connectivity index (χ3n) is 3.78. The molecule has 2 heterocycles. The van der Waals surface area contributed by atoms with Gasteiger partial charge in [-0.25, -0.2) is 0 Å². The van der Waals surface area contributed by atoms with Crippen LogP contribution < -0.4 is 4.90 Å². The van der Waals surface area contributed by atoms with Gasteiger partial charge in [-0.2, -0.15) is 10.4 Å². The molecule has 1 aliphatic rings. The maximum atomic E-state index is 9.26. The fourth-order valence-corrected chi connectivity index (χ4v) is 3.10. The standard InChI is InChI=1S/C15H15BrN4/c16-13-2-3-15(12(10-13)11-17)19-8-4-14(5-9-19)20-7-1-6-18-20/h1-3,6-7,10,14H,4-5,8-9H2. The normalized spacial score (nSPS) is 16.1. The van der Waals surface area contributed by atoms with Crippen LogP contribution in [0.25, 0.3) is 0 Å². The number of aromatic nitrogens is 2. The van der Waals surface area contributed by atoms with Crippen LogP contribution in [0.15, 0.2) is 41.1 Å². The van der Waals surface area contributed by atoms with Gasteiger partial charge in [0.2, 0.25) is 0 Å². The SMILES string of the molecule is N#Cc1cc(Br)ccc1N1CCC(n2cccn2)CC1. The minimum atomic E-state index is 0.474. The van der Waals surface area contributed by atoms with Crippen LogP contribution in [0.5, 0.6) is 0 Å². The summed E-state index contributed by atoms with van der Waals surface area (Å²) in [4.78, 5) is 2.30. The quantitative estimate of drug-likeness (QED) is 0.848. The summed E-state index contributed by atoms with van der Waals surface area (Å²) in [6.45, 7) is 1.92. The van der Waals surface area contributed by atoms with Crippen molar-refractivity contribution in [2.45, 2.75) is 18.9 Å². The Morgan fingerprint density at radius 3 is 2.75 bits per heavy atom. The van der Waals surface area contributed by atoms with E-state index < -0.39 is 0 Å². The molecule has 0 unspecified atom stereocenters. The Kier molecular flexibility index (Phi) is 3.75. The molecule has 4 nitrogen and oxygen atoms in total. The first-order chi connectivity index (χ1) is 9.78. The number of rotatable bonds is 2. The molecule has 0 aliphatic carbocycles. The summed E-state index contributed by atoms with van der Waals surface area (Å²) in [5.74, 6) is 0. The highest BCUT2D eigenvalue weighted by Gasteiger charge is 2.22. The lowest BCUT2D eigenvalue weighted by molar-refractivity contribution is 0.367. The van der Waals surface area contributed by atoms with E-state index in [9.17, 15) is 5.26 Å². The molecule has 0 radical (unpaired) electrons. The van der Waals surface area contributed by atoms with Crippen LogP contribution in [-0.4, -0.2) is 22.9 Å². The zero-order valence-electron chi connectivity index (χ0n) is 11.0. The Balaban J connectivity index is 1.74. The molecule has 20 heavy (non-hydrogen) atoms. The highest BCUT2D eigenvalue weighted by Crippen LogP contribution is 2.29. The molecule has 1 fully saturated rings. The number of benzene rings is 1. The average molecular weight is 331 g/mol. The topological polar surface area (TPSA) is 44.9 Å². The maximum absolute atomic E-state index is 9.26. The molecule has 1 saturated heterocycles. The van der Waals surface area contributed by atoms with Crippen molar-refractivity contribution in [3.8, 4) is 6.07 Å². The third-order valence-corrected chi connectivity index (χ3v) is 4.28. The van der Waals surface area contributed by atoms with Gasteiger partial charge in [0, 0.05) is 30.0 Å². The van der Waals surface area contributed by atoms with Crippen molar-refractivity contribution >= 4 is 21.6 Å². The average Bonchev–Trinajstić information content (AvgIpc) is 3.01. The number of hydrogen-bond donors (Lipinski definition) is 0. The highest BCUT2D eigenvalue weighted by molar-refractivity contribution is 9.10. The van der Waals surface area contributed by atoms with E-state index >= 15 is 0 Å². The van der Waals surface area contributed by atoms with Gasteiger partial charge in [-0.05, 0) is 37.1 Å². The largest absolute Gasteiger partial charge is 0.370 e. The molecular weight excluding hydrogens is 316 g/mol. The van der Waals surface area contributed by atoms with Crippen LogP contribution in [0.4, 0.5) is 5.69 Å².